The Labute approximate surface area is 126 Å². The number of morpholine rings is 1. The van der Waals surface area contributed by atoms with Crippen molar-refractivity contribution in [2.24, 2.45) is 0 Å². The van der Waals surface area contributed by atoms with Gasteiger partial charge in [0.25, 0.3) is 0 Å². The van der Waals surface area contributed by atoms with Crippen molar-refractivity contribution >= 4 is 11.3 Å². The molecule has 0 aromatic carbocycles. The van der Waals surface area contributed by atoms with Crippen LogP contribution in [0.3, 0.4) is 0 Å². The summed E-state index contributed by atoms with van der Waals surface area (Å²) in [6.45, 7) is 9.57. The first-order valence-corrected chi connectivity index (χ1v) is 8.38. The molecule has 0 aliphatic carbocycles. The van der Waals surface area contributed by atoms with E-state index < -0.39 is 0 Å². The van der Waals surface area contributed by atoms with Crippen LogP contribution in [0.4, 0.5) is 0 Å². The second-order valence-corrected chi connectivity index (χ2v) is 6.36. The molecule has 1 aromatic rings. The molecule has 1 aliphatic rings. The topological polar surface area (TPSA) is 35.9 Å². The minimum Gasteiger partial charge on any atom is -0.392 e. The number of hydrogen-bond acceptors (Lipinski definition) is 5. The van der Waals surface area contributed by atoms with Gasteiger partial charge in [0.1, 0.15) is 0 Å². The molecule has 114 valence electrons. The molecule has 1 N–H and O–H groups in total. The number of aliphatic hydroxyl groups excluding tert-OH is 1. The van der Waals surface area contributed by atoms with Crippen LogP contribution in [-0.2, 0) is 11.3 Å². The zero-order valence-electron chi connectivity index (χ0n) is 12.3. The molecule has 0 bridgehead atoms. The highest BCUT2D eigenvalue weighted by Crippen LogP contribution is 2.13. The van der Waals surface area contributed by atoms with Crippen molar-refractivity contribution in [3.63, 3.8) is 0 Å². The quantitative estimate of drug-likeness (QED) is 0.792. The fourth-order valence-corrected chi connectivity index (χ4v) is 3.14. The molecular weight excluding hydrogens is 272 g/mol. The average Bonchev–Trinajstić information content (AvgIpc) is 2.98. The van der Waals surface area contributed by atoms with E-state index in [0.29, 0.717) is 0 Å². The Morgan fingerprint density at radius 1 is 1.45 bits per heavy atom. The third-order valence-corrected chi connectivity index (χ3v) is 4.60. The Morgan fingerprint density at radius 2 is 2.25 bits per heavy atom. The van der Waals surface area contributed by atoms with Gasteiger partial charge in [0.2, 0.25) is 0 Å². The third-order valence-electron chi connectivity index (χ3n) is 3.74. The van der Waals surface area contributed by atoms with Gasteiger partial charge in [-0.3, -0.25) is 9.80 Å². The fraction of sp³-hybridized carbons (Fsp3) is 0.733. The van der Waals surface area contributed by atoms with Crippen molar-refractivity contribution in [1.82, 2.24) is 9.80 Å². The van der Waals surface area contributed by atoms with E-state index in [0.717, 1.165) is 58.9 Å². The van der Waals surface area contributed by atoms with Gasteiger partial charge in [-0.15, -0.1) is 11.3 Å². The SMILES string of the molecule is CCC(O)CN(CCN1CCOCC1)Cc1cccs1. The van der Waals surface area contributed by atoms with Crippen molar-refractivity contribution in [2.45, 2.75) is 26.0 Å². The van der Waals surface area contributed by atoms with Crippen molar-refractivity contribution < 1.29 is 9.84 Å². The van der Waals surface area contributed by atoms with E-state index in [1.807, 2.05) is 6.92 Å². The molecule has 0 amide bonds. The summed E-state index contributed by atoms with van der Waals surface area (Å²) < 4.78 is 5.38. The molecule has 0 radical (unpaired) electrons. The minimum atomic E-state index is -0.223. The van der Waals surface area contributed by atoms with Crippen LogP contribution in [0.2, 0.25) is 0 Å². The Morgan fingerprint density at radius 3 is 2.90 bits per heavy atom. The number of nitrogens with zero attached hydrogens (tertiary/aromatic N) is 2. The average molecular weight is 298 g/mol. The predicted molar refractivity (Wildman–Crippen MR) is 83.2 cm³/mol. The highest BCUT2D eigenvalue weighted by molar-refractivity contribution is 7.09. The molecule has 1 unspecified atom stereocenters. The summed E-state index contributed by atoms with van der Waals surface area (Å²) >= 11 is 1.79. The first-order chi connectivity index (χ1) is 9.78. The normalized spacial score (nSPS) is 18.6. The van der Waals surface area contributed by atoms with E-state index in [1.165, 1.54) is 4.88 Å². The molecule has 1 atom stereocenters. The van der Waals surface area contributed by atoms with Gasteiger partial charge in [-0.1, -0.05) is 13.0 Å². The Bertz CT molecular complexity index is 353. The summed E-state index contributed by atoms with van der Waals surface area (Å²) in [5.41, 5.74) is 0. The zero-order chi connectivity index (χ0) is 14.2. The van der Waals surface area contributed by atoms with Crippen molar-refractivity contribution in [1.29, 1.82) is 0 Å². The lowest BCUT2D eigenvalue weighted by atomic mass is 10.2. The zero-order valence-corrected chi connectivity index (χ0v) is 13.1. The molecule has 1 aliphatic heterocycles. The third kappa shape index (κ3) is 5.50. The van der Waals surface area contributed by atoms with E-state index in [4.69, 9.17) is 4.74 Å². The van der Waals surface area contributed by atoms with Crippen molar-refractivity contribution in [3.8, 4) is 0 Å². The number of aliphatic hydroxyl groups is 1. The molecule has 5 heteroatoms. The van der Waals surface area contributed by atoms with Gasteiger partial charge < -0.3 is 9.84 Å². The Balaban J connectivity index is 1.81. The van der Waals surface area contributed by atoms with Crippen molar-refractivity contribution in [2.75, 3.05) is 45.9 Å². The lowest BCUT2D eigenvalue weighted by Crippen LogP contribution is -2.42. The summed E-state index contributed by atoms with van der Waals surface area (Å²) in [4.78, 5) is 6.19. The standard InChI is InChI=1S/C15H26N2O2S/c1-2-14(18)12-17(13-15-4-3-11-20-15)6-5-16-7-9-19-10-8-16/h3-4,11,14,18H,2,5-10,12-13H2,1H3. The summed E-state index contributed by atoms with van der Waals surface area (Å²) in [6, 6.07) is 4.27. The molecular formula is C15H26N2O2S. The van der Waals surface area contributed by atoms with Gasteiger partial charge >= 0.3 is 0 Å². The van der Waals surface area contributed by atoms with Crippen LogP contribution in [0.5, 0.6) is 0 Å². The van der Waals surface area contributed by atoms with Gasteiger partial charge in [-0.05, 0) is 17.9 Å². The van der Waals surface area contributed by atoms with Gasteiger partial charge in [0, 0.05) is 44.1 Å². The van der Waals surface area contributed by atoms with Crippen LogP contribution in [0, 0.1) is 0 Å². The number of ether oxygens (including phenoxy) is 1. The molecule has 2 rings (SSSR count). The molecule has 1 aromatic heterocycles. The molecule has 0 saturated carbocycles. The van der Waals surface area contributed by atoms with Crippen molar-refractivity contribution in [3.05, 3.63) is 22.4 Å². The summed E-state index contributed by atoms with van der Waals surface area (Å²) in [5, 5.41) is 12.0. The maximum absolute atomic E-state index is 9.92. The van der Waals surface area contributed by atoms with Crippen LogP contribution in [0.25, 0.3) is 0 Å². The second kappa shape index (κ2) is 8.74. The lowest BCUT2D eigenvalue weighted by molar-refractivity contribution is 0.0291. The molecule has 2 heterocycles. The first-order valence-electron chi connectivity index (χ1n) is 7.51. The van der Waals surface area contributed by atoms with Crippen LogP contribution in [0.15, 0.2) is 17.5 Å². The second-order valence-electron chi connectivity index (χ2n) is 5.33. The minimum absolute atomic E-state index is 0.223. The number of rotatable bonds is 8. The molecule has 1 fully saturated rings. The summed E-state index contributed by atoms with van der Waals surface area (Å²) in [5.74, 6) is 0. The van der Waals surface area contributed by atoms with Gasteiger partial charge in [-0.25, -0.2) is 0 Å². The van der Waals surface area contributed by atoms with E-state index in [-0.39, 0.29) is 6.10 Å². The van der Waals surface area contributed by atoms with Gasteiger partial charge in [-0.2, -0.15) is 0 Å². The van der Waals surface area contributed by atoms with Crippen LogP contribution < -0.4 is 0 Å². The number of hydrogen-bond donors (Lipinski definition) is 1. The molecule has 4 nitrogen and oxygen atoms in total. The predicted octanol–water partition coefficient (Wildman–Crippen LogP) is 1.65. The first kappa shape index (κ1) is 15.9. The molecule has 0 spiro atoms. The Kier molecular flexibility index (Phi) is 6.96. The summed E-state index contributed by atoms with van der Waals surface area (Å²) in [6.07, 6.45) is 0.595. The van der Waals surface area contributed by atoms with Gasteiger partial charge in [0.05, 0.1) is 19.3 Å². The molecule has 1 saturated heterocycles. The van der Waals surface area contributed by atoms with Gasteiger partial charge in [0.15, 0.2) is 0 Å². The van der Waals surface area contributed by atoms with E-state index in [9.17, 15) is 5.11 Å². The van der Waals surface area contributed by atoms with Crippen LogP contribution in [-0.4, -0.2) is 66.9 Å². The van der Waals surface area contributed by atoms with E-state index >= 15 is 0 Å². The van der Waals surface area contributed by atoms with Crippen LogP contribution >= 0.6 is 11.3 Å². The fourth-order valence-electron chi connectivity index (χ4n) is 2.39. The molecule has 20 heavy (non-hydrogen) atoms. The monoisotopic (exact) mass is 298 g/mol. The van der Waals surface area contributed by atoms with E-state index in [2.05, 4.69) is 27.3 Å². The summed E-state index contributed by atoms with van der Waals surface area (Å²) in [7, 11) is 0. The Hall–Kier alpha value is -0.460. The largest absolute Gasteiger partial charge is 0.392 e. The van der Waals surface area contributed by atoms with Crippen LogP contribution in [0.1, 0.15) is 18.2 Å². The maximum Gasteiger partial charge on any atom is 0.0664 e. The highest BCUT2D eigenvalue weighted by Gasteiger charge is 2.15. The van der Waals surface area contributed by atoms with E-state index in [1.54, 1.807) is 11.3 Å². The smallest absolute Gasteiger partial charge is 0.0664 e. The highest BCUT2D eigenvalue weighted by atomic mass is 32.1. The number of thiophene rings is 1. The lowest BCUT2D eigenvalue weighted by Gasteiger charge is -2.30. The maximum atomic E-state index is 9.92.